The number of nitrogens with zero attached hydrogens (tertiary/aromatic N) is 3. The van der Waals surface area contributed by atoms with Gasteiger partial charge < -0.3 is 5.32 Å². The zero-order valence-corrected chi connectivity index (χ0v) is 16.1. The molecule has 4 heterocycles. The molecule has 7 heteroatoms. The molecule has 1 atom stereocenters. The molecule has 1 N–H and O–H groups in total. The topological polar surface area (TPSA) is 67.8 Å². The third-order valence-corrected chi connectivity index (χ3v) is 6.15. The minimum Gasteiger partial charge on any atom is -0.340 e. The molecule has 27 heavy (non-hydrogen) atoms. The Morgan fingerprint density at radius 2 is 1.93 bits per heavy atom. The predicted molar refractivity (Wildman–Crippen MR) is 108 cm³/mol. The molecule has 5 nitrogen and oxygen atoms in total. The van der Waals surface area contributed by atoms with Gasteiger partial charge in [0, 0.05) is 23.5 Å². The van der Waals surface area contributed by atoms with Crippen molar-refractivity contribution in [3.05, 3.63) is 87.4 Å². The first-order chi connectivity index (χ1) is 13.2. The highest BCUT2D eigenvalue weighted by Gasteiger charge is 2.22. The lowest BCUT2D eigenvalue weighted by Crippen LogP contribution is -2.28. The predicted octanol–water partition coefficient (Wildman–Crippen LogP) is 4.49. The van der Waals surface area contributed by atoms with Crippen LogP contribution >= 0.6 is 22.7 Å². The van der Waals surface area contributed by atoms with E-state index in [1.54, 1.807) is 29.9 Å². The maximum Gasteiger partial charge on any atom is 0.264 e. The van der Waals surface area contributed by atoms with E-state index in [1.165, 1.54) is 11.3 Å². The molecule has 134 valence electrons. The first kappa shape index (κ1) is 17.5. The summed E-state index contributed by atoms with van der Waals surface area (Å²) in [4.78, 5) is 27.6. The third-order valence-electron chi connectivity index (χ3n) is 4.03. The van der Waals surface area contributed by atoms with Gasteiger partial charge in [0.05, 0.1) is 17.4 Å². The lowest BCUT2D eigenvalue weighted by molar-refractivity contribution is 0.0947. The molecule has 0 aliphatic carbocycles. The smallest absolute Gasteiger partial charge is 0.264 e. The van der Waals surface area contributed by atoms with Crippen molar-refractivity contribution >= 4 is 28.6 Å². The van der Waals surface area contributed by atoms with Crippen LogP contribution in [0, 0.1) is 6.92 Å². The van der Waals surface area contributed by atoms with Gasteiger partial charge in [-0.3, -0.25) is 14.8 Å². The van der Waals surface area contributed by atoms with Crippen LogP contribution in [0.1, 0.15) is 31.8 Å². The van der Waals surface area contributed by atoms with E-state index in [0.29, 0.717) is 10.6 Å². The van der Waals surface area contributed by atoms with Gasteiger partial charge in [0.15, 0.2) is 0 Å². The molecule has 0 saturated heterocycles. The highest BCUT2D eigenvalue weighted by atomic mass is 32.1. The van der Waals surface area contributed by atoms with E-state index in [4.69, 9.17) is 0 Å². The molecule has 0 radical (unpaired) electrons. The SMILES string of the molecule is Cc1nc(-c2ccccn2)sc1C(=O)N[C@H](c1ccncc1)c1cccs1. The average Bonchev–Trinajstić information content (AvgIpc) is 3.37. The highest BCUT2D eigenvalue weighted by molar-refractivity contribution is 7.17. The van der Waals surface area contributed by atoms with Crippen molar-refractivity contribution < 1.29 is 4.79 Å². The number of carbonyl (C=O) groups is 1. The van der Waals surface area contributed by atoms with Gasteiger partial charge >= 0.3 is 0 Å². The summed E-state index contributed by atoms with van der Waals surface area (Å²) in [6.07, 6.45) is 5.19. The zero-order chi connectivity index (χ0) is 18.6. The number of pyridine rings is 2. The number of carbonyl (C=O) groups excluding carboxylic acids is 1. The number of thiazole rings is 1. The monoisotopic (exact) mass is 392 g/mol. The Bertz CT molecular complexity index is 1030. The number of hydrogen-bond donors (Lipinski definition) is 1. The summed E-state index contributed by atoms with van der Waals surface area (Å²) in [6, 6.07) is 13.3. The Kier molecular flexibility index (Phi) is 5.04. The Morgan fingerprint density at radius 1 is 1.07 bits per heavy atom. The van der Waals surface area contributed by atoms with E-state index in [1.807, 2.05) is 54.8 Å². The van der Waals surface area contributed by atoms with Crippen molar-refractivity contribution in [2.75, 3.05) is 0 Å². The van der Waals surface area contributed by atoms with Crippen molar-refractivity contribution in [3.63, 3.8) is 0 Å². The first-order valence-corrected chi connectivity index (χ1v) is 10.0. The summed E-state index contributed by atoms with van der Waals surface area (Å²) in [5, 5.41) is 5.90. The molecule has 1 amide bonds. The molecule has 0 aliphatic heterocycles. The minimum absolute atomic E-state index is 0.137. The van der Waals surface area contributed by atoms with Crippen LogP contribution in [-0.2, 0) is 0 Å². The Morgan fingerprint density at radius 3 is 2.63 bits per heavy atom. The summed E-state index contributed by atoms with van der Waals surface area (Å²) in [7, 11) is 0. The quantitative estimate of drug-likeness (QED) is 0.543. The lowest BCUT2D eigenvalue weighted by Gasteiger charge is -2.17. The molecule has 0 unspecified atom stereocenters. The normalized spacial score (nSPS) is 11.9. The number of nitrogens with one attached hydrogen (secondary N) is 1. The molecule has 0 fully saturated rings. The lowest BCUT2D eigenvalue weighted by atomic mass is 10.1. The van der Waals surface area contributed by atoms with E-state index >= 15 is 0 Å². The summed E-state index contributed by atoms with van der Waals surface area (Å²) in [6.45, 7) is 1.85. The number of hydrogen-bond acceptors (Lipinski definition) is 6. The van der Waals surface area contributed by atoms with Gasteiger partial charge in [0.1, 0.15) is 9.88 Å². The van der Waals surface area contributed by atoms with E-state index in [-0.39, 0.29) is 11.9 Å². The number of amides is 1. The van der Waals surface area contributed by atoms with Crippen LogP contribution < -0.4 is 5.32 Å². The second-order valence-electron chi connectivity index (χ2n) is 5.85. The van der Waals surface area contributed by atoms with Crippen molar-refractivity contribution in [2.24, 2.45) is 0 Å². The van der Waals surface area contributed by atoms with Gasteiger partial charge in [0.2, 0.25) is 0 Å². The number of aromatic nitrogens is 3. The molecule has 4 aromatic rings. The third kappa shape index (κ3) is 3.79. The van der Waals surface area contributed by atoms with Crippen molar-refractivity contribution in [1.29, 1.82) is 0 Å². The first-order valence-electron chi connectivity index (χ1n) is 8.35. The summed E-state index contributed by atoms with van der Waals surface area (Å²) in [5.74, 6) is -0.137. The average molecular weight is 393 g/mol. The molecule has 4 rings (SSSR count). The molecule has 0 aromatic carbocycles. The van der Waals surface area contributed by atoms with E-state index in [2.05, 4.69) is 20.3 Å². The maximum atomic E-state index is 13.0. The van der Waals surface area contributed by atoms with Crippen molar-refractivity contribution in [3.8, 4) is 10.7 Å². The Balaban J connectivity index is 1.63. The van der Waals surface area contributed by atoms with E-state index in [9.17, 15) is 4.79 Å². The minimum atomic E-state index is -0.222. The van der Waals surface area contributed by atoms with Crippen LogP contribution in [0.2, 0.25) is 0 Å². The zero-order valence-electron chi connectivity index (χ0n) is 14.5. The standard InChI is InChI=1S/C20H16N4OS2/c1-13-18(27-20(23-13)15-5-2-3-9-22-15)19(25)24-17(16-6-4-12-26-16)14-7-10-21-11-8-14/h2-12,17H,1H3,(H,24,25)/t17-/m1/s1. The van der Waals surface area contributed by atoms with Crippen molar-refractivity contribution in [2.45, 2.75) is 13.0 Å². The highest BCUT2D eigenvalue weighted by Crippen LogP contribution is 2.29. The fourth-order valence-electron chi connectivity index (χ4n) is 2.73. The van der Waals surface area contributed by atoms with Crippen molar-refractivity contribution in [1.82, 2.24) is 20.3 Å². The Labute approximate surface area is 164 Å². The molecule has 0 saturated carbocycles. The van der Waals surface area contributed by atoms with Crippen LogP contribution in [0.3, 0.4) is 0 Å². The molecule has 0 spiro atoms. The largest absolute Gasteiger partial charge is 0.340 e. The van der Waals surface area contributed by atoms with E-state index in [0.717, 1.165) is 21.1 Å². The fraction of sp³-hybridized carbons (Fsp3) is 0.100. The van der Waals surface area contributed by atoms with Gasteiger partial charge in [-0.1, -0.05) is 12.1 Å². The van der Waals surface area contributed by atoms with Crippen LogP contribution in [-0.4, -0.2) is 20.9 Å². The second-order valence-corrected chi connectivity index (χ2v) is 7.83. The summed E-state index contributed by atoms with van der Waals surface area (Å²) in [5.41, 5.74) is 2.47. The van der Waals surface area contributed by atoms with Gasteiger partial charge in [-0.15, -0.1) is 22.7 Å². The van der Waals surface area contributed by atoms with E-state index < -0.39 is 0 Å². The number of aryl methyl sites for hydroxylation is 1. The Hall–Kier alpha value is -2.90. The van der Waals surface area contributed by atoms with Gasteiger partial charge in [-0.25, -0.2) is 4.98 Å². The van der Waals surface area contributed by atoms with Gasteiger partial charge in [-0.05, 0) is 48.2 Å². The van der Waals surface area contributed by atoms with Crippen LogP contribution in [0.5, 0.6) is 0 Å². The van der Waals surface area contributed by atoms with Gasteiger partial charge in [0.25, 0.3) is 5.91 Å². The summed E-state index contributed by atoms with van der Waals surface area (Å²) >= 11 is 2.97. The van der Waals surface area contributed by atoms with Gasteiger partial charge in [-0.2, -0.15) is 0 Å². The van der Waals surface area contributed by atoms with Crippen LogP contribution in [0.25, 0.3) is 10.7 Å². The second kappa shape index (κ2) is 7.77. The fourth-order valence-corrected chi connectivity index (χ4v) is 4.48. The van der Waals surface area contributed by atoms with Crippen LogP contribution in [0.15, 0.2) is 66.4 Å². The molecule has 4 aromatic heterocycles. The number of thiophene rings is 1. The molecular weight excluding hydrogens is 376 g/mol. The molecule has 0 bridgehead atoms. The maximum absolute atomic E-state index is 13.0. The molecule has 0 aliphatic rings. The summed E-state index contributed by atoms with van der Waals surface area (Å²) < 4.78 is 0. The van der Waals surface area contributed by atoms with Crippen LogP contribution in [0.4, 0.5) is 0 Å². The number of rotatable bonds is 5. The molecular formula is C20H16N4OS2.